The van der Waals surface area contributed by atoms with Gasteiger partial charge in [0.2, 0.25) is 5.91 Å². The van der Waals surface area contributed by atoms with Crippen LogP contribution in [0.4, 0.5) is 5.69 Å². The van der Waals surface area contributed by atoms with Crippen LogP contribution in [-0.4, -0.2) is 37.8 Å². The predicted octanol–water partition coefficient (Wildman–Crippen LogP) is 3.45. The molecule has 6 rings (SSSR count). The summed E-state index contributed by atoms with van der Waals surface area (Å²) in [6.45, 7) is 0.473. The first-order valence-corrected chi connectivity index (χ1v) is 10.6. The van der Waals surface area contributed by atoms with Crippen LogP contribution >= 0.6 is 0 Å². The number of imidazole rings is 1. The summed E-state index contributed by atoms with van der Waals surface area (Å²) in [6, 6.07) is 16.7. The summed E-state index contributed by atoms with van der Waals surface area (Å²) >= 11 is 0. The highest BCUT2D eigenvalue weighted by molar-refractivity contribution is 6.08. The quantitative estimate of drug-likeness (QED) is 0.536. The third-order valence-electron chi connectivity index (χ3n) is 6.82. The number of nitrogens with zero attached hydrogens (tertiary/aromatic N) is 4. The van der Waals surface area contributed by atoms with Crippen LogP contribution in [-0.2, 0) is 17.3 Å². The number of amides is 2. The summed E-state index contributed by atoms with van der Waals surface area (Å²) in [7, 11) is 1.93. The zero-order valence-electron chi connectivity index (χ0n) is 17.5. The minimum absolute atomic E-state index is 0.0666. The molecule has 4 aromatic rings. The molecule has 0 aliphatic carbocycles. The van der Waals surface area contributed by atoms with Crippen molar-refractivity contribution in [1.82, 2.24) is 19.4 Å². The van der Waals surface area contributed by atoms with E-state index in [0.29, 0.717) is 18.5 Å². The summed E-state index contributed by atoms with van der Waals surface area (Å²) in [5.74, 6) is -0.177. The van der Waals surface area contributed by atoms with Gasteiger partial charge < -0.3 is 14.8 Å². The summed E-state index contributed by atoms with van der Waals surface area (Å²) in [5, 5.41) is 3.05. The Morgan fingerprint density at radius 3 is 2.88 bits per heavy atom. The first-order valence-electron chi connectivity index (χ1n) is 10.6. The Balaban J connectivity index is 1.49. The molecule has 7 nitrogen and oxygen atoms in total. The van der Waals surface area contributed by atoms with E-state index in [-0.39, 0.29) is 11.8 Å². The van der Waals surface area contributed by atoms with Crippen molar-refractivity contribution in [2.75, 3.05) is 11.9 Å². The maximum Gasteiger partial charge on any atom is 0.254 e. The molecule has 4 heterocycles. The zero-order valence-corrected chi connectivity index (χ0v) is 17.5. The number of aromatic nitrogens is 3. The molecule has 0 saturated carbocycles. The zero-order chi connectivity index (χ0) is 21.9. The fourth-order valence-electron chi connectivity index (χ4n) is 5.34. The van der Waals surface area contributed by atoms with Crippen LogP contribution in [0.5, 0.6) is 0 Å². The topological polar surface area (TPSA) is 80.1 Å². The molecule has 2 aliphatic rings. The van der Waals surface area contributed by atoms with Gasteiger partial charge in [-0.3, -0.25) is 14.6 Å². The molecule has 158 valence electrons. The molecule has 2 aliphatic heterocycles. The lowest BCUT2D eigenvalue weighted by Gasteiger charge is -2.34. The number of hydrogen-bond acceptors (Lipinski definition) is 4. The highest BCUT2D eigenvalue weighted by atomic mass is 16.2. The summed E-state index contributed by atoms with van der Waals surface area (Å²) in [4.78, 5) is 37.7. The monoisotopic (exact) mass is 423 g/mol. The number of hydrogen-bond donors (Lipinski definition) is 1. The van der Waals surface area contributed by atoms with Crippen molar-refractivity contribution in [2.24, 2.45) is 7.05 Å². The smallest absolute Gasteiger partial charge is 0.254 e. The molecule has 1 fully saturated rings. The molecule has 2 unspecified atom stereocenters. The largest absolute Gasteiger partial charge is 0.334 e. The van der Waals surface area contributed by atoms with Crippen LogP contribution in [0.15, 0.2) is 73.3 Å². The molecule has 1 spiro atoms. The molecule has 2 aromatic carbocycles. The van der Waals surface area contributed by atoms with E-state index in [2.05, 4.69) is 15.3 Å². The lowest BCUT2D eigenvalue weighted by Crippen LogP contribution is -2.42. The van der Waals surface area contributed by atoms with Crippen molar-refractivity contribution in [3.63, 3.8) is 0 Å². The highest BCUT2D eigenvalue weighted by Crippen LogP contribution is 2.54. The van der Waals surface area contributed by atoms with Gasteiger partial charge in [0.05, 0.1) is 23.4 Å². The molecule has 2 atom stereocenters. The molecule has 32 heavy (non-hydrogen) atoms. The van der Waals surface area contributed by atoms with Crippen molar-refractivity contribution in [2.45, 2.75) is 17.9 Å². The van der Waals surface area contributed by atoms with Crippen molar-refractivity contribution in [1.29, 1.82) is 0 Å². The van der Waals surface area contributed by atoms with Crippen LogP contribution in [0.2, 0.25) is 0 Å². The Morgan fingerprint density at radius 2 is 2.03 bits per heavy atom. The lowest BCUT2D eigenvalue weighted by molar-refractivity contribution is -0.121. The van der Waals surface area contributed by atoms with Gasteiger partial charge in [-0.15, -0.1) is 0 Å². The van der Waals surface area contributed by atoms with Crippen LogP contribution in [0.3, 0.4) is 0 Å². The lowest BCUT2D eigenvalue weighted by atomic mass is 9.73. The number of carbonyl (C=O) groups excluding carboxylic acids is 2. The van der Waals surface area contributed by atoms with E-state index in [1.54, 1.807) is 18.7 Å². The van der Waals surface area contributed by atoms with E-state index in [0.717, 1.165) is 27.8 Å². The standard InChI is InChI=1S/C25H21N5O2/c1-29-15-27-20-13-16(8-9-21(20)29)23(31)30-12-10-25(22(30)17-5-4-11-26-14-17)18-6-2-3-7-19(18)28-24(25)32/h2-9,11,13-15,22H,10,12H2,1H3,(H,28,32). The Kier molecular flexibility index (Phi) is 3.95. The minimum atomic E-state index is -0.843. The number of carbonyl (C=O) groups is 2. The van der Waals surface area contributed by atoms with E-state index in [4.69, 9.17) is 0 Å². The van der Waals surface area contributed by atoms with Crippen molar-refractivity contribution in [3.8, 4) is 0 Å². The van der Waals surface area contributed by atoms with Gasteiger partial charge in [-0.25, -0.2) is 4.98 Å². The molecule has 1 saturated heterocycles. The van der Waals surface area contributed by atoms with E-state index < -0.39 is 11.5 Å². The average Bonchev–Trinajstić information content (AvgIpc) is 3.49. The maximum absolute atomic E-state index is 13.8. The second-order valence-corrected chi connectivity index (χ2v) is 8.47. The van der Waals surface area contributed by atoms with Gasteiger partial charge in [0.1, 0.15) is 5.41 Å². The fourth-order valence-corrected chi connectivity index (χ4v) is 5.34. The van der Waals surface area contributed by atoms with Crippen LogP contribution in [0, 0.1) is 0 Å². The van der Waals surface area contributed by atoms with E-state index >= 15 is 0 Å². The van der Waals surface area contributed by atoms with E-state index in [1.165, 1.54) is 0 Å². The number of pyridine rings is 1. The van der Waals surface area contributed by atoms with E-state index in [1.807, 2.05) is 71.1 Å². The van der Waals surface area contributed by atoms with Gasteiger partial charge >= 0.3 is 0 Å². The average molecular weight is 423 g/mol. The molecule has 2 amide bonds. The third-order valence-corrected chi connectivity index (χ3v) is 6.82. The molecule has 7 heteroatoms. The van der Waals surface area contributed by atoms with Crippen LogP contribution < -0.4 is 5.32 Å². The molecular formula is C25H21N5O2. The minimum Gasteiger partial charge on any atom is -0.334 e. The Morgan fingerprint density at radius 1 is 1.16 bits per heavy atom. The number of fused-ring (bicyclic) bond motifs is 3. The highest BCUT2D eigenvalue weighted by Gasteiger charge is 2.59. The fraction of sp³-hybridized carbons (Fsp3) is 0.200. The van der Waals surface area contributed by atoms with E-state index in [9.17, 15) is 9.59 Å². The summed E-state index contributed by atoms with van der Waals surface area (Å²) in [6.07, 6.45) is 5.75. The normalized spacial score (nSPS) is 21.8. The first kappa shape index (κ1) is 18.7. The van der Waals surface area contributed by atoms with Gasteiger partial charge in [-0.1, -0.05) is 24.3 Å². The van der Waals surface area contributed by atoms with Gasteiger partial charge in [-0.05, 0) is 47.9 Å². The van der Waals surface area contributed by atoms with Crippen LogP contribution in [0.25, 0.3) is 11.0 Å². The van der Waals surface area contributed by atoms with Crippen LogP contribution in [0.1, 0.15) is 33.9 Å². The Labute approximate surface area is 184 Å². The van der Waals surface area contributed by atoms with Gasteiger partial charge in [0, 0.05) is 37.2 Å². The third kappa shape index (κ3) is 2.48. The SMILES string of the molecule is Cn1cnc2cc(C(=O)N3CCC4(C(=O)Nc5ccccc54)C3c3cccnc3)ccc21. The Bertz CT molecular complexity index is 1380. The van der Waals surface area contributed by atoms with Crippen molar-refractivity contribution in [3.05, 3.63) is 90.0 Å². The summed E-state index contributed by atoms with van der Waals surface area (Å²) < 4.78 is 1.92. The van der Waals surface area contributed by atoms with Crippen molar-refractivity contribution >= 4 is 28.5 Å². The number of anilines is 1. The van der Waals surface area contributed by atoms with Crippen molar-refractivity contribution < 1.29 is 9.59 Å². The number of aryl methyl sites for hydroxylation is 1. The van der Waals surface area contributed by atoms with Gasteiger partial charge in [0.15, 0.2) is 0 Å². The second-order valence-electron chi connectivity index (χ2n) is 8.47. The maximum atomic E-state index is 13.8. The van der Waals surface area contributed by atoms with Gasteiger partial charge in [-0.2, -0.15) is 0 Å². The number of benzene rings is 2. The first-order chi connectivity index (χ1) is 15.6. The Hall–Kier alpha value is -4.00. The number of likely N-dealkylation sites (tertiary alicyclic amines) is 1. The molecular weight excluding hydrogens is 402 g/mol. The second kappa shape index (κ2) is 6.75. The number of rotatable bonds is 2. The van der Waals surface area contributed by atoms with Gasteiger partial charge in [0.25, 0.3) is 5.91 Å². The molecule has 0 radical (unpaired) electrons. The molecule has 2 aromatic heterocycles. The molecule has 0 bridgehead atoms. The summed E-state index contributed by atoms with van der Waals surface area (Å²) in [5.41, 5.74) is 4.06. The number of para-hydroxylation sites is 1. The number of nitrogens with one attached hydrogen (secondary N) is 1. The molecule has 1 N–H and O–H groups in total. The predicted molar refractivity (Wildman–Crippen MR) is 120 cm³/mol.